The van der Waals surface area contributed by atoms with E-state index in [1.807, 2.05) is 0 Å². The molecule has 0 nitrogen and oxygen atoms in total. The van der Waals surface area contributed by atoms with Gasteiger partial charge < -0.3 is 0 Å². The zero-order chi connectivity index (χ0) is 49.9. The molecule has 0 aliphatic carbocycles. The van der Waals surface area contributed by atoms with Crippen molar-refractivity contribution < 1.29 is 20.8 Å². The molecule has 0 amide bonds. The van der Waals surface area contributed by atoms with Crippen molar-refractivity contribution in [1.82, 2.24) is 0 Å². The predicted octanol–water partition coefficient (Wildman–Crippen LogP) is 17.7. The molecule has 0 aliphatic rings. The topological polar surface area (TPSA) is 0 Å². The number of halogens is 2. The second-order valence-corrected chi connectivity index (χ2v) is 48.1. The van der Waals surface area contributed by atoms with E-state index < -0.39 is 53.1 Å². The van der Waals surface area contributed by atoms with Gasteiger partial charge in [-0.15, -0.1) is 69.1 Å². The molecule has 0 heterocycles. The zero-order valence-corrected chi connectivity index (χ0v) is 54.2. The maximum absolute atomic E-state index is 4.93. The van der Waals surface area contributed by atoms with Crippen LogP contribution in [0.25, 0.3) is 43.8 Å². The van der Waals surface area contributed by atoms with Crippen LogP contribution in [0.5, 0.6) is 0 Å². The summed E-state index contributed by atoms with van der Waals surface area (Å²) in [7, 11) is 5.32. The normalized spacial score (nSPS) is 12.9. The Kier molecular flexibility index (Phi) is 22.9. The summed E-state index contributed by atoms with van der Waals surface area (Å²) in [6, 6.07) is 34.6. The first kappa shape index (κ1) is 59.0. The Bertz CT molecular complexity index is 2210. The summed E-state index contributed by atoms with van der Waals surface area (Å²) in [4.78, 5) is 0. The molecule has 0 N–H and O–H groups in total. The van der Waals surface area contributed by atoms with E-state index in [4.69, 9.17) is 17.0 Å². The van der Waals surface area contributed by atoms with Crippen LogP contribution < -0.4 is 20.7 Å². The van der Waals surface area contributed by atoms with Crippen molar-refractivity contribution in [3.63, 3.8) is 0 Å². The Balaban J connectivity index is 0.000000313. The summed E-state index contributed by atoms with van der Waals surface area (Å²) < 4.78 is 0. The van der Waals surface area contributed by atoms with Gasteiger partial charge in [-0.1, -0.05) is 238 Å². The second kappa shape index (κ2) is 25.7. The van der Waals surface area contributed by atoms with Crippen molar-refractivity contribution in [2.45, 2.75) is 184 Å². The van der Waals surface area contributed by atoms with Gasteiger partial charge in [0, 0.05) is 9.52 Å². The fourth-order valence-electron chi connectivity index (χ4n) is 8.65. The van der Waals surface area contributed by atoms with Gasteiger partial charge in [0.15, 0.2) is 0 Å². The minimum atomic E-state index is -1.41. The van der Waals surface area contributed by atoms with Crippen LogP contribution in [0.2, 0.25) is 91.7 Å². The van der Waals surface area contributed by atoms with Gasteiger partial charge in [0.25, 0.3) is 0 Å². The summed E-state index contributed by atoms with van der Waals surface area (Å²) in [5.74, 6) is 1.23. The molecule has 0 spiro atoms. The average molecular weight is 1090 g/mol. The molecular weight excluding hydrogens is 999 g/mol. The van der Waals surface area contributed by atoms with Gasteiger partial charge in [0.1, 0.15) is 0 Å². The fourth-order valence-corrected chi connectivity index (χ4v) is 13.7. The number of benzene rings is 4. The van der Waals surface area contributed by atoms with E-state index in [-0.39, 0.29) is 0 Å². The Labute approximate surface area is 431 Å². The van der Waals surface area contributed by atoms with Gasteiger partial charge in [-0.05, 0) is 35.8 Å². The average Bonchev–Trinajstić information content (AvgIpc) is 3.88. The van der Waals surface area contributed by atoms with Gasteiger partial charge in [-0.25, -0.2) is 0 Å². The van der Waals surface area contributed by atoms with Crippen molar-refractivity contribution in [1.29, 1.82) is 0 Å². The number of fused-ring (bicyclic) bond motifs is 2. The molecule has 0 aliphatic heterocycles. The Morgan fingerprint density at radius 1 is 0.485 bits per heavy atom. The minimum absolute atomic E-state index is 0.616. The summed E-state index contributed by atoms with van der Waals surface area (Å²) in [6.45, 7) is 48.0. The van der Waals surface area contributed by atoms with Gasteiger partial charge in [0.05, 0.1) is 32.3 Å². The molecule has 0 bridgehead atoms. The molecule has 6 rings (SSSR count). The molecule has 2 atom stereocenters. The van der Waals surface area contributed by atoms with Gasteiger partial charge >= 0.3 is 37.9 Å². The van der Waals surface area contributed by atoms with E-state index in [2.05, 4.69) is 218 Å². The molecule has 66 heavy (non-hydrogen) atoms. The number of aryl methyl sites for hydroxylation is 2. The van der Waals surface area contributed by atoms with E-state index in [1.165, 1.54) is 91.7 Å². The standard InChI is InChI=1S/2C28H41Si2.C2H6Si.2ClH.Zr/c2*1-10-12-21-13-14-22-15-23(20(3)11-2)18-27(22)28(21)24-16-25(29(4,5)6)19-26(17-24)30(7,8)9;1-3-2;;;/h2*13-20H,10-12H2,1-9H3;1-2H3;2*1H;/q2*-1;;;;+4/p-2. The zero-order valence-electron chi connectivity index (χ0n) is 45.2. The van der Waals surface area contributed by atoms with Crippen LogP contribution in [-0.2, 0) is 33.7 Å². The Hall–Kier alpha value is -1.35. The molecule has 6 aromatic carbocycles. The van der Waals surface area contributed by atoms with Crippen molar-refractivity contribution in [3.8, 4) is 22.3 Å². The van der Waals surface area contributed by atoms with E-state index in [1.54, 1.807) is 20.7 Å². The van der Waals surface area contributed by atoms with Crippen molar-refractivity contribution in [2.75, 3.05) is 0 Å². The third kappa shape index (κ3) is 15.8. The van der Waals surface area contributed by atoms with Crippen molar-refractivity contribution >= 4 is 101 Å². The maximum atomic E-state index is 4.93. The quantitative estimate of drug-likeness (QED) is 0.0753. The summed E-state index contributed by atoms with van der Waals surface area (Å²) in [5.41, 5.74) is 11.9. The van der Waals surface area contributed by atoms with Crippen molar-refractivity contribution in [3.05, 3.63) is 107 Å². The summed E-state index contributed by atoms with van der Waals surface area (Å²) in [5, 5.41) is 12.2. The first-order valence-electron chi connectivity index (χ1n) is 25.1. The van der Waals surface area contributed by atoms with Gasteiger partial charge in [-0.2, -0.15) is 12.1 Å². The van der Waals surface area contributed by atoms with Gasteiger partial charge in [-0.3, -0.25) is 0 Å². The first-order chi connectivity index (χ1) is 30.7. The van der Waals surface area contributed by atoms with Crippen LogP contribution in [0.3, 0.4) is 0 Å². The van der Waals surface area contributed by atoms with Crippen LogP contribution in [0.1, 0.15) is 101 Å². The molecule has 2 unspecified atom stereocenters. The molecular formula is C58H88Cl2Si5Zr. The number of hydrogen-bond donors (Lipinski definition) is 0. The molecule has 2 radical (unpaired) electrons. The summed E-state index contributed by atoms with van der Waals surface area (Å²) >= 11 is -0.826. The monoisotopic (exact) mass is 1080 g/mol. The SMILES string of the molecule is CCCc1ccc2[cH-]c(C(C)CC)cc2c1-c1cc([Si](C)(C)C)cc([Si](C)(C)C)c1.CCCc1ccc2[cH-]c(C(C)CC)cc2c1-c1cc([Si](C)(C)C)cc([Si](C)(C)C)c1.C[Si]C.[Cl][Zr+2][Cl]. The third-order valence-electron chi connectivity index (χ3n) is 13.3. The fraction of sp³-hybridized carbons (Fsp3) is 0.483. The molecule has 0 aromatic heterocycles. The Morgan fingerprint density at radius 2 is 0.758 bits per heavy atom. The van der Waals surface area contributed by atoms with Crippen LogP contribution in [0, 0.1) is 0 Å². The van der Waals surface area contributed by atoms with Crippen LogP contribution in [-0.4, -0.2) is 41.8 Å². The van der Waals surface area contributed by atoms with E-state index in [0.29, 0.717) is 11.8 Å². The Morgan fingerprint density at radius 3 is 0.985 bits per heavy atom. The van der Waals surface area contributed by atoms with Crippen molar-refractivity contribution in [2.24, 2.45) is 0 Å². The van der Waals surface area contributed by atoms with E-state index in [0.717, 1.165) is 22.4 Å². The van der Waals surface area contributed by atoms with E-state index >= 15 is 0 Å². The molecule has 0 fully saturated rings. The number of hydrogen-bond acceptors (Lipinski definition) is 0. The molecule has 0 saturated heterocycles. The van der Waals surface area contributed by atoms with Gasteiger partial charge in [0.2, 0.25) is 0 Å². The predicted molar refractivity (Wildman–Crippen MR) is 316 cm³/mol. The third-order valence-corrected chi connectivity index (χ3v) is 21.4. The molecule has 8 heteroatoms. The first-order valence-corrected chi connectivity index (χ1v) is 47.4. The second-order valence-electron chi connectivity index (χ2n) is 23.1. The van der Waals surface area contributed by atoms with Crippen LogP contribution in [0.4, 0.5) is 0 Å². The van der Waals surface area contributed by atoms with Crippen LogP contribution in [0.15, 0.2) is 84.9 Å². The molecule has 358 valence electrons. The molecule has 6 aromatic rings. The summed E-state index contributed by atoms with van der Waals surface area (Å²) in [6.07, 6.45) is 7.05. The van der Waals surface area contributed by atoms with E-state index in [9.17, 15) is 0 Å². The number of rotatable bonds is 14. The molecule has 0 saturated carbocycles. The van der Waals surface area contributed by atoms with Crippen LogP contribution >= 0.6 is 17.0 Å².